The van der Waals surface area contributed by atoms with Crippen molar-refractivity contribution in [2.75, 3.05) is 26.2 Å². The van der Waals surface area contributed by atoms with Crippen LogP contribution in [0.4, 0.5) is 0 Å². The molecule has 0 N–H and O–H groups in total. The van der Waals surface area contributed by atoms with E-state index in [4.69, 9.17) is 4.74 Å². The largest absolute Gasteiger partial charge is 0.361 e. The number of pyridine rings is 2. The van der Waals surface area contributed by atoms with Gasteiger partial charge in [0.1, 0.15) is 0 Å². The van der Waals surface area contributed by atoms with Gasteiger partial charge in [0.05, 0.1) is 6.61 Å². The average Bonchev–Trinajstić information content (AvgIpc) is 3.42. The van der Waals surface area contributed by atoms with Crippen molar-refractivity contribution in [2.24, 2.45) is 0 Å². The van der Waals surface area contributed by atoms with E-state index in [2.05, 4.69) is 38.4 Å². The van der Waals surface area contributed by atoms with E-state index < -0.39 is 5.60 Å². The molecule has 0 aromatic carbocycles. The Hall–Kier alpha value is -2.61. The summed E-state index contributed by atoms with van der Waals surface area (Å²) in [5.74, 6) is 0.0236. The third-order valence-corrected chi connectivity index (χ3v) is 6.84. The van der Waals surface area contributed by atoms with Gasteiger partial charge < -0.3 is 9.64 Å². The molecule has 3 aromatic heterocycles. The number of amides is 1. The normalized spacial score (nSPS) is 24.6. The van der Waals surface area contributed by atoms with Crippen LogP contribution in [-0.2, 0) is 22.6 Å². The van der Waals surface area contributed by atoms with Gasteiger partial charge in [-0.3, -0.25) is 19.7 Å². The molecule has 5 heterocycles. The SMILES string of the molecule is O=C1N(Cc2cccnc2)CCO[C@]12CN(Cc1cccs1)C[C@H]2c1cccnc1. The number of rotatable bonds is 5. The molecule has 2 aliphatic heterocycles. The summed E-state index contributed by atoms with van der Waals surface area (Å²) in [5, 5.41) is 2.09. The molecule has 30 heavy (non-hydrogen) atoms. The predicted molar refractivity (Wildman–Crippen MR) is 115 cm³/mol. The number of hydrogen-bond donors (Lipinski definition) is 0. The van der Waals surface area contributed by atoms with Gasteiger partial charge >= 0.3 is 0 Å². The summed E-state index contributed by atoms with van der Waals surface area (Å²) in [6.07, 6.45) is 7.22. The first-order valence-electron chi connectivity index (χ1n) is 10.2. The maximum atomic E-state index is 13.8. The van der Waals surface area contributed by atoms with Crippen molar-refractivity contribution < 1.29 is 9.53 Å². The molecule has 0 aliphatic carbocycles. The van der Waals surface area contributed by atoms with Gasteiger partial charge in [-0.25, -0.2) is 0 Å². The van der Waals surface area contributed by atoms with Crippen LogP contribution in [0.15, 0.2) is 66.6 Å². The van der Waals surface area contributed by atoms with E-state index in [9.17, 15) is 4.79 Å². The van der Waals surface area contributed by atoms with Gasteiger partial charge in [-0.1, -0.05) is 18.2 Å². The van der Waals surface area contributed by atoms with Gasteiger partial charge in [0.2, 0.25) is 0 Å². The van der Waals surface area contributed by atoms with Crippen LogP contribution in [0.25, 0.3) is 0 Å². The van der Waals surface area contributed by atoms with E-state index >= 15 is 0 Å². The lowest BCUT2D eigenvalue weighted by atomic mass is 9.83. The zero-order valence-corrected chi connectivity index (χ0v) is 17.5. The Bertz CT molecular complexity index is 983. The van der Waals surface area contributed by atoms with Gasteiger partial charge in [-0.05, 0) is 34.7 Å². The first-order valence-corrected chi connectivity index (χ1v) is 11.1. The second-order valence-corrected chi connectivity index (χ2v) is 8.95. The summed E-state index contributed by atoms with van der Waals surface area (Å²) in [5.41, 5.74) is 1.22. The van der Waals surface area contributed by atoms with Gasteiger partial charge in [0.15, 0.2) is 5.60 Å². The van der Waals surface area contributed by atoms with Crippen molar-refractivity contribution in [2.45, 2.75) is 24.6 Å². The number of ether oxygens (including phenoxy) is 1. The first-order chi connectivity index (χ1) is 14.7. The lowest BCUT2D eigenvalue weighted by molar-refractivity contribution is -0.173. The highest BCUT2D eigenvalue weighted by Crippen LogP contribution is 2.42. The van der Waals surface area contributed by atoms with E-state index in [0.29, 0.717) is 26.2 Å². The van der Waals surface area contributed by atoms with Crippen LogP contribution in [0, 0.1) is 0 Å². The minimum absolute atomic E-state index is 0.0460. The van der Waals surface area contributed by atoms with Crippen molar-refractivity contribution >= 4 is 17.2 Å². The zero-order valence-electron chi connectivity index (χ0n) is 16.7. The van der Waals surface area contributed by atoms with Crippen LogP contribution in [0.5, 0.6) is 0 Å². The van der Waals surface area contributed by atoms with Gasteiger partial charge in [0, 0.05) is 68.3 Å². The number of morpholine rings is 1. The molecule has 1 spiro atoms. The average molecular weight is 421 g/mol. The van der Waals surface area contributed by atoms with Crippen molar-refractivity contribution in [1.29, 1.82) is 0 Å². The molecule has 2 aliphatic rings. The molecule has 3 aromatic rings. The van der Waals surface area contributed by atoms with Crippen LogP contribution in [0.3, 0.4) is 0 Å². The Morgan fingerprint density at radius 1 is 1.10 bits per heavy atom. The fraction of sp³-hybridized carbons (Fsp3) is 0.348. The molecule has 2 saturated heterocycles. The molecule has 0 radical (unpaired) electrons. The Morgan fingerprint density at radius 3 is 2.70 bits per heavy atom. The third-order valence-electron chi connectivity index (χ3n) is 5.97. The van der Waals surface area contributed by atoms with Crippen molar-refractivity contribution in [3.05, 3.63) is 82.6 Å². The lowest BCUT2D eigenvalue weighted by Crippen LogP contribution is -2.59. The molecule has 2 atom stereocenters. The van der Waals surface area contributed by atoms with Crippen LogP contribution in [-0.4, -0.2) is 57.5 Å². The fourth-order valence-electron chi connectivity index (χ4n) is 4.61. The molecule has 0 unspecified atom stereocenters. The number of likely N-dealkylation sites (tertiary alicyclic amines) is 1. The lowest BCUT2D eigenvalue weighted by Gasteiger charge is -2.42. The molecular weight excluding hydrogens is 396 g/mol. The van der Waals surface area contributed by atoms with E-state index in [0.717, 1.165) is 24.2 Å². The van der Waals surface area contributed by atoms with Crippen molar-refractivity contribution in [3.8, 4) is 0 Å². The van der Waals surface area contributed by atoms with E-state index in [-0.39, 0.29) is 11.8 Å². The molecule has 1 amide bonds. The number of carbonyl (C=O) groups is 1. The van der Waals surface area contributed by atoms with Crippen LogP contribution in [0.1, 0.15) is 21.9 Å². The highest BCUT2D eigenvalue weighted by Gasteiger charge is 2.57. The summed E-state index contributed by atoms with van der Waals surface area (Å²) in [7, 11) is 0. The molecule has 7 heteroatoms. The molecule has 0 bridgehead atoms. The van der Waals surface area contributed by atoms with Crippen molar-refractivity contribution in [3.63, 3.8) is 0 Å². The molecule has 5 rings (SSSR count). The number of thiophene rings is 1. The summed E-state index contributed by atoms with van der Waals surface area (Å²) in [4.78, 5) is 27.9. The minimum Gasteiger partial charge on any atom is -0.361 e. The number of nitrogens with zero attached hydrogens (tertiary/aromatic N) is 4. The second-order valence-electron chi connectivity index (χ2n) is 7.91. The highest BCUT2D eigenvalue weighted by atomic mass is 32.1. The number of carbonyl (C=O) groups excluding carboxylic acids is 1. The minimum atomic E-state index is -0.874. The monoisotopic (exact) mass is 420 g/mol. The maximum absolute atomic E-state index is 13.8. The highest BCUT2D eigenvalue weighted by molar-refractivity contribution is 7.09. The molecule has 0 saturated carbocycles. The van der Waals surface area contributed by atoms with E-state index in [1.54, 1.807) is 23.7 Å². The second kappa shape index (κ2) is 8.26. The summed E-state index contributed by atoms with van der Waals surface area (Å²) in [6, 6.07) is 12.1. The van der Waals surface area contributed by atoms with Crippen molar-refractivity contribution in [1.82, 2.24) is 19.8 Å². The third kappa shape index (κ3) is 3.64. The van der Waals surface area contributed by atoms with E-state index in [1.807, 2.05) is 35.5 Å². The summed E-state index contributed by atoms with van der Waals surface area (Å²) < 4.78 is 6.35. The van der Waals surface area contributed by atoms with Gasteiger partial charge in [-0.15, -0.1) is 11.3 Å². The first kappa shape index (κ1) is 19.4. The molecular formula is C23H24N4O2S. The van der Waals surface area contributed by atoms with Gasteiger partial charge in [-0.2, -0.15) is 0 Å². The smallest absolute Gasteiger partial charge is 0.257 e. The standard InChI is InChI=1S/C23H24N4O2S/c28-22-23(29-10-9-27(22)14-18-4-1-7-24-12-18)17-26(15-20-6-3-11-30-20)16-21(23)19-5-2-8-25-13-19/h1-8,11-13,21H,9-10,14-17H2/t21-,23-/m0/s1. The molecule has 154 valence electrons. The Balaban J connectivity index is 1.45. The zero-order chi connectivity index (χ0) is 20.4. The quantitative estimate of drug-likeness (QED) is 0.635. The Kier molecular flexibility index (Phi) is 5.33. The number of aromatic nitrogens is 2. The number of hydrogen-bond acceptors (Lipinski definition) is 6. The van der Waals surface area contributed by atoms with Crippen LogP contribution >= 0.6 is 11.3 Å². The summed E-state index contributed by atoms with van der Waals surface area (Å²) in [6.45, 7) is 3.89. The maximum Gasteiger partial charge on any atom is 0.257 e. The molecule has 2 fully saturated rings. The topological polar surface area (TPSA) is 58.6 Å². The van der Waals surface area contributed by atoms with Gasteiger partial charge in [0.25, 0.3) is 5.91 Å². The van der Waals surface area contributed by atoms with Crippen LogP contribution < -0.4 is 0 Å². The molecule has 6 nitrogen and oxygen atoms in total. The summed E-state index contributed by atoms with van der Waals surface area (Å²) >= 11 is 1.75. The Labute approximate surface area is 180 Å². The van der Waals surface area contributed by atoms with Crippen LogP contribution in [0.2, 0.25) is 0 Å². The fourth-order valence-corrected chi connectivity index (χ4v) is 5.35. The van der Waals surface area contributed by atoms with E-state index in [1.165, 1.54) is 4.88 Å². The Morgan fingerprint density at radius 2 is 1.97 bits per heavy atom. The predicted octanol–water partition coefficient (Wildman–Crippen LogP) is 2.94.